The summed E-state index contributed by atoms with van der Waals surface area (Å²) in [6.45, 7) is 1.60. The number of aromatic nitrogens is 4. The predicted molar refractivity (Wildman–Crippen MR) is 97.0 cm³/mol. The van der Waals surface area contributed by atoms with Gasteiger partial charge in [0.15, 0.2) is 11.2 Å². The number of aliphatic hydroxyl groups is 2. The van der Waals surface area contributed by atoms with Crippen LogP contribution in [0.4, 0.5) is 11.6 Å². The fourth-order valence-electron chi connectivity index (χ4n) is 3.06. The minimum atomic E-state index is -0.773. The van der Waals surface area contributed by atoms with Crippen molar-refractivity contribution in [2.24, 2.45) is 0 Å². The molecule has 1 saturated heterocycles. The summed E-state index contributed by atoms with van der Waals surface area (Å²) in [5.41, 5.74) is 14.0. The Labute approximate surface area is 154 Å². The molecule has 0 spiro atoms. The number of rotatable bonds is 4. The molecule has 0 aliphatic carbocycles. The summed E-state index contributed by atoms with van der Waals surface area (Å²) in [7, 11) is 0. The normalized spacial score (nSPS) is 22.4. The first-order valence-corrected chi connectivity index (χ1v) is 8.44. The second-order valence-corrected chi connectivity index (χ2v) is 6.45. The van der Waals surface area contributed by atoms with Gasteiger partial charge in [0.2, 0.25) is 5.95 Å². The SMILES string of the molecule is Cc1cc(Oc2nc(N)nc3c2ncn3[C@H]2C[C@H](O)[C@@H](CO)O2)ccc1N. The molecule has 0 unspecified atom stereocenters. The van der Waals surface area contributed by atoms with Crippen LogP contribution in [0.1, 0.15) is 18.2 Å². The minimum absolute atomic E-state index is 0.0173. The van der Waals surface area contributed by atoms with Crippen LogP contribution >= 0.6 is 0 Å². The zero-order valence-electron chi connectivity index (χ0n) is 14.6. The van der Waals surface area contributed by atoms with Crippen LogP contribution in [-0.2, 0) is 4.74 Å². The van der Waals surface area contributed by atoms with Gasteiger partial charge < -0.3 is 31.2 Å². The lowest BCUT2D eigenvalue weighted by atomic mass is 10.2. The lowest BCUT2D eigenvalue weighted by Gasteiger charge is -2.14. The summed E-state index contributed by atoms with van der Waals surface area (Å²) < 4.78 is 13.2. The largest absolute Gasteiger partial charge is 0.437 e. The van der Waals surface area contributed by atoms with Crippen LogP contribution in [0.25, 0.3) is 11.2 Å². The van der Waals surface area contributed by atoms with E-state index < -0.39 is 18.4 Å². The molecule has 1 fully saturated rings. The third-order valence-corrected chi connectivity index (χ3v) is 4.56. The molecule has 10 heteroatoms. The number of benzene rings is 1. The van der Waals surface area contributed by atoms with Gasteiger partial charge in [-0.25, -0.2) is 4.98 Å². The first kappa shape index (κ1) is 17.5. The summed E-state index contributed by atoms with van der Waals surface area (Å²) >= 11 is 0. The van der Waals surface area contributed by atoms with Gasteiger partial charge in [-0.1, -0.05) is 0 Å². The van der Waals surface area contributed by atoms with Crippen LogP contribution in [0.5, 0.6) is 11.6 Å². The smallest absolute Gasteiger partial charge is 0.252 e. The van der Waals surface area contributed by atoms with Gasteiger partial charge in [0.1, 0.15) is 18.1 Å². The second-order valence-electron chi connectivity index (χ2n) is 6.45. The number of fused-ring (bicyclic) bond motifs is 1. The molecule has 1 aromatic carbocycles. The molecule has 10 nitrogen and oxygen atoms in total. The number of ether oxygens (including phenoxy) is 2. The lowest BCUT2D eigenvalue weighted by molar-refractivity contribution is -0.0432. The molecule has 27 heavy (non-hydrogen) atoms. The Morgan fingerprint density at radius 1 is 1.33 bits per heavy atom. The van der Waals surface area contributed by atoms with E-state index in [0.29, 0.717) is 29.0 Å². The Morgan fingerprint density at radius 3 is 2.85 bits per heavy atom. The van der Waals surface area contributed by atoms with Gasteiger partial charge in [-0.05, 0) is 30.7 Å². The van der Waals surface area contributed by atoms with Crippen LogP contribution in [0, 0.1) is 6.92 Å². The standard InChI is InChI=1S/C17H20N6O4/c1-8-4-9(2-3-10(8)18)26-16-14-15(21-17(19)22-16)23(7-20-14)13-5-11(25)12(6-24)27-13/h2-4,7,11-13,24-25H,5-6,18H2,1H3,(H2,19,21,22)/t11-,12+,13+/m0/s1. The summed E-state index contributed by atoms with van der Waals surface area (Å²) in [5.74, 6) is 0.768. The monoisotopic (exact) mass is 372 g/mol. The van der Waals surface area contributed by atoms with E-state index in [4.69, 9.17) is 20.9 Å². The maximum Gasteiger partial charge on any atom is 0.252 e. The van der Waals surface area contributed by atoms with E-state index >= 15 is 0 Å². The summed E-state index contributed by atoms with van der Waals surface area (Å²) in [6.07, 6.45) is -0.126. The number of hydrogen-bond donors (Lipinski definition) is 4. The van der Waals surface area contributed by atoms with Gasteiger partial charge in [0.05, 0.1) is 19.0 Å². The molecule has 0 bridgehead atoms. The Hall–Kier alpha value is -2.95. The minimum Gasteiger partial charge on any atom is -0.437 e. The molecule has 142 valence electrons. The average molecular weight is 372 g/mol. The van der Waals surface area contributed by atoms with Gasteiger partial charge >= 0.3 is 0 Å². The van der Waals surface area contributed by atoms with Crippen molar-refractivity contribution in [3.63, 3.8) is 0 Å². The van der Waals surface area contributed by atoms with E-state index in [2.05, 4.69) is 15.0 Å². The van der Waals surface area contributed by atoms with Gasteiger partial charge in [0.25, 0.3) is 5.88 Å². The van der Waals surface area contributed by atoms with Crippen molar-refractivity contribution in [2.75, 3.05) is 18.1 Å². The van der Waals surface area contributed by atoms with E-state index in [1.165, 1.54) is 6.33 Å². The topological polar surface area (TPSA) is 155 Å². The van der Waals surface area contributed by atoms with Crippen molar-refractivity contribution in [3.8, 4) is 11.6 Å². The molecule has 2 aromatic heterocycles. The third kappa shape index (κ3) is 3.14. The van der Waals surface area contributed by atoms with E-state index in [0.717, 1.165) is 5.56 Å². The molecular formula is C17H20N6O4. The predicted octanol–water partition coefficient (Wildman–Crippen LogP) is 0.732. The Balaban J connectivity index is 1.71. The molecule has 3 aromatic rings. The number of nitrogens with two attached hydrogens (primary N) is 2. The molecule has 1 aliphatic heterocycles. The van der Waals surface area contributed by atoms with Crippen LogP contribution in [0.3, 0.4) is 0 Å². The van der Waals surface area contributed by atoms with E-state index in [-0.39, 0.29) is 18.4 Å². The highest BCUT2D eigenvalue weighted by atomic mass is 16.5. The summed E-state index contributed by atoms with van der Waals surface area (Å²) in [6, 6.07) is 5.26. The van der Waals surface area contributed by atoms with Crippen LogP contribution in [0.2, 0.25) is 0 Å². The number of nitrogens with zero attached hydrogens (tertiary/aromatic N) is 4. The highest BCUT2D eigenvalue weighted by Gasteiger charge is 2.35. The fraction of sp³-hybridized carbons (Fsp3) is 0.353. The Morgan fingerprint density at radius 2 is 2.15 bits per heavy atom. The van der Waals surface area contributed by atoms with Gasteiger partial charge in [-0.3, -0.25) is 4.57 Å². The van der Waals surface area contributed by atoms with E-state index in [9.17, 15) is 10.2 Å². The van der Waals surface area contributed by atoms with Crippen molar-refractivity contribution in [1.82, 2.24) is 19.5 Å². The van der Waals surface area contributed by atoms with Crippen LogP contribution in [-0.4, -0.2) is 48.5 Å². The molecule has 0 amide bonds. The van der Waals surface area contributed by atoms with E-state index in [1.54, 1.807) is 22.8 Å². The first-order chi connectivity index (χ1) is 13.0. The molecule has 4 rings (SSSR count). The molecule has 6 N–H and O–H groups in total. The van der Waals surface area contributed by atoms with Gasteiger partial charge in [-0.15, -0.1) is 0 Å². The van der Waals surface area contributed by atoms with Crippen molar-refractivity contribution < 1.29 is 19.7 Å². The second kappa shape index (κ2) is 6.65. The zero-order valence-corrected chi connectivity index (χ0v) is 14.6. The van der Waals surface area contributed by atoms with Crippen molar-refractivity contribution in [2.45, 2.75) is 31.8 Å². The number of anilines is 2. The lowest BCUT2D eigenvalue weighted by Crippen LogP contribution is -2.24. The van der Waals surface area contributed by atoms with Crippen molar-refractivity contribution >= 4 is 22.8 Å². The molecule has 1 aliphatic rings. The highest BCUT2D eigenvalue weighted by Crippen LogP contribution is 2.34. The maximum atomic E-state index is 9.97. The Kier molecular flexibility index (Phi) is 4.30. The number of aliphatic hydroxyl groups excluding tert-OH is 2. The van der Waals surface area contributed by atoms with Crippen LogP contribution < -0.4 is 16.2 Å². The van der Waals surface area contributed by atoms with E-state index in [1.807, 2.05) is 6.92 Å². The fourth-order valence-corrected chi connectivity index (χ4v) is 3.06. The number of nitrogen functional groups attached to an aromatic ring is 2. The average Bonchev–Trinajstić information content (AvgIpc) is 3.21. The molecule has 0 saturated carbocycles. The van der Waals surface area contributed by atoms with Crippen molar-refractivity contribution in [1.29, 1.82) is 0 Å². The zero-order chi connectivity index (χ0) is 19.1. The molecular weight excluding hydrogens is 352 g/mol. The van der Waals surface area contributed by atoms with Crippen LogP contribution in [0.15, 0.2) is 24.5 Å². The molecule has 3 heterocycles. The maximum absolute atomic E-state index is 9.97. The molecule has 3 atom stereocenters. The highest BCUT2D eigenvalue weighted by molar-refractivity contribution is 5.78. The van der Waals surface area contributed by atoms with Crippen molar-refractivity contribution in [3.05, 3.63) is 30.1 Å². The Bertz CT molecular complexity index is 991. The number of imidazole rings is 1. The summed E-state index contributed by atoms with van der Waals surface area (Å²) in [5, 5.41) is 19.2. The number of hydrogen-bond acceptors (Lipinski definition) is 9. The van der Waals surface area contributed by atoms with Gasteiger partial charge in [-0.2, -0.15) is 9.97 Å². The molecule has 0 radical (unpaired) electrons. The van der Waals surface area contributed by atoms with Gasteiger partial charge in [0, 0.05) is 12.1 Å². The number of aryl methyl sites for hydroxylation is 1. The third-order valence-electron chi connectivity index (χ3n) is 4.56. The summed E-state index contributed by atoms with van der Waals surface area (Å²) in [4.78, 5) is 12.7. The first-order valence-electron chi connectivity index (χ1n) is 8.44. The quantitative estimate of drug-likeness (QED) is 0.485.